The quantitative estimate of drug-likeness (QED) is 0.0738. The third-order valence-electron chi connectivity index (χ3n) is 12.3. The first kappa shape index (κ1) is 54.0. The molecule has 0 saturated carbocycles. The zero-order valence-electron chi connectivity index (χ0n) is 38.6. The molecule has 0 aliphatic rings. The van der Waals surface area contributed by atoms with Gasteiger partial charge in [-0.15, -0.1) is 0 Å². The molecule has 0 radical (unpaired) electrons. The van der Waals surface area contributed by atoms with Crippen molar-refractivity contribution in [1.82, 2.24) is 10.2 Å². The molecular formula is C52H90BrN3. The van der Waals surface area contributed by atoms with Gasteiger partial charge in [-0.25, -0.2) is 0 Å². The van der Waals surface area contributed by atoms with E-state index in [0.717, 1.165) is 78.7 Å². The molecule has 8 unspecified atom stereocenters. The Hall–Kier alpha value is -1.98. The Labute approximate surface area is 357 Å². The first-order valence-electron chi connectivity index (χ1n) is 22.8. The summed E-state index contributed by atoms with van der Waals surface area (Å²) in [6.07, 6.45) is 9.67. The maximum absolute atomic E-state index is 5.36. The summed E-state index contributed by atoms with van der Waals surface area (Å²) in [5.41, 5.74) is 9.57. The predicted octanol–water partition coefficient (Wildman–Crippen LogP) is 13.8. The number of nitrogens with two attached hydrogens (primary N) is 1. The standard InChI is InChI=1S/C22H39N.C15H25N.C8H11N.C7H15Br/c1-7-18(3)20(5)16-23(17-21(6)19(4)8-2)15-14-22-12-10-9-11-13-22;1-4-13(2)14(3)12-16-11-10-15-8-6-5-7-9-15;9-7-6-8-4-2-1-3-5-8;1-4-6(3)7(8)5-2/h9-13,18-21H,7-8,14-17H2,1-6H3;5-9,13-14,16H,4,10-12H2,1-3H3;1-5H,6-7,9H2;6-7H,4-5H2,1-3H3. The summed E-state index contributed by atoms with van der Waals surface area (Å²) < 4.78 is 0. The van der Waals surface area contributed by atoms with E-state index < -0.39 is 0 Å². The summed E-state index contributed by atoms with van der Waals surface area (Å²) in [5, 5.41) is 3.55. The number of halogens is 1. The molecule has 0 aliphatic carbocycles. The van der Waals surface area contributed by atoms with E-state index in [-0.39, 0.29) is 0 Å². The molecule has 0 aliphatic heterocycles. The van der Waals surface area contributed by atoms with Crippen molar-refractivity contribution in [1.29, 1.82) is 0 Å². The second-order valence-corrected chi connectivity index (χ2v) is 18.0. The molecule has 320 valence electrons. The van der Waals surface area contributed by atoms with E-state index in [1.165, 1.54) is 74.8 Å². The van der Waals surface area contributed by atoms with Crippen molar-refractivity contribution in [3.8, 4) is 0 Å². The van der Waals surface area contributed by atoms with Crippen LogP contribution in [0.1, 0.15) is 132 Å². The fourth-order valence-electron chi connectivity index (χ4n) is 6.45. The van der Waals surface area contributed by atoms with Crippen LogP contribution in [0.15, 0.2) is 91.0 Å². The highest BCUT2D eigenvalue weighted by molar-refractivity contribution is 9.09. The van der Waals surface area contributed by atoms with Crippen LogP contribution < -0.4 is 11.1 Å². The van der Waals surface area contributed by atoms with E-state index in [1.807, 2.05) is 18.2 Å². The Kier molecular flexibility index (Phi) is 33.8. The lowest BCUT2D eigenvalue weighted by atomic mass is 9.90. The minimum absolute atomic E-state index is 0.729. The van der Waals surface area contributed by atoms with Gasteiger partial charge in [0.05, 0.1) is 0 Å². The van der Waals surface area contributed by atoms with Crippen molar-refractivity contribution in [2.24, 2.45) is 47.2 Å². The molecule has 3 aromatic carbocycles. The lowest BCUT2D eigenvalue weighted by molar-refractivity contribution is 0.163. The molecule has 0 amide bonds. The Balaban J connectivity index is 0.000000789. The number of nitrogens with one attached hydrogen (secondary N) is 1. The fourth-order valence-corrected chi connectivity index (χ4v) is 6.82. The summed E-state index contributed by atoms with van der Waals surface area (Å²) in [7, 11) is 0. The van der Waals surface area contributed by atoms with Crippen molar-refractivity contribution in [3.05, 3.63) is 108 Å². The molecule has 0 spiro atoms. The van der Waals surface area contributed by atoms with Gasteiger partial charge in [-0.05, 0) is 103 Å². The molecule has 56 heavy (non-hydrogen) atoms. The number of alkyl halides is 1. The van der Waals surface area contributed by atoms with Gasteiger partial charge in [0.2, 0.25) is 0 Å². The van der Waals surface area contributed by atoms with Crippen LogP contribution in [0.25, 0.3) is 0 Å². The smallest absolute Gasteiger partial charge is 0.0168 e. The van der Waals surface area contributed by atoms with Crippen LogP contribution in [-0.2, 0) is 19.3 Å². The Morgan fingerprint density at radius 1 is 0.482 bits per heavy atom. The minimum atomic E-state index is 0.729. The monoisotopic (exact) mass is 836 g/mol. The fraction of sp³-hybridized carbons (Fsp3) is 0.654. The van der Waals surface area contributed by atoms with Gasteiger partial charge in [0.15, 0.2) is 0 Å². The second kappa shape index (κ2) is 35.0. The van der Waals surface area contributed by atoms with E-state index >= 15 is 0 Å². The highest BCUT2D eigenvalue weighted by atomic mass is 79.9. The molecule has 0 aromatic heterocycles. The molecule has 4 heteroatoms. The minimum Gasteiger partial charge on any atom is -0.330 e. The molecule has 3 rings (SSSR count). The lowest BCUT2D eigenvalue weighted by Gasteiger charge is -2.32. The van der Waals surface area contributed by atoms with E-state index in [0.29, 0.717) is 0 Å². The zero-order valence-corrected chi connectivity index (χ0v) is 40.2. The van der Waals surface area contributed by atoms with Crippen molar-refractivity contribution < 1.29 is 0 Å². The normalized spacial score (nSPS) is 15.3. The maximum atomic E-state index is 5.36. The van der Waals surface area contributed by atoms with Gasteiger partial charge >= 0.3 is 0 Å². The number of hydrogen-bond acceptors (Lipinski definition) is 3. The average Bonchev–Trinajstić information content (AvgIpc) is 3.24. The van der Waals surface area contributed by atoms with Crippen molar-refractivity contribution >= 4 is 15.9 Å². The lowest BCUT2D eigenvalue weighted by Crippen LogP contribution is -2.37. The second-order valence-electron chi connectivity index (χ2n) is 16.9. The first-order chi connectivity index (χ1) is 26.9. The number of rotatable bonds is 23. The highest BCUT2D eigenvalue weighted by Crippen LogP contribution is 2.21. The molecule has 3 nitrogen and oxygen atoms in total. The SMILES string of the molecule is CCC(C)C(Br)CC.CCC(C)C(C)CN(CCc1ccccc1)CC(C)C(C)CC.CCC(C)C(C)CNCCc1ccccc1.NCCc1ccccc1. The van der Waals surface area contributed by atoms with E-state index in [9.17, 15) is 0 Å². The van der Waals surface area contributed by atoms with Crippen LogP contribution in [0.4, 0.5) is 0 Å². The van der Waals surface area contributed by atoms with Gasteiger partial charge in [-0.2, -0.15) is 0 Å². The molecular weight excluding hydrogens is 746 g/mol. The highest BCUT2D eigenvalue weighted by Gasteiger charge is 2.19. The first-order valence-corrected chi connectivity index (χ1v) is 23.7. The Morgan fingerprint density at radius 3 is 1.21 bits per heavy atom. The summed E-state index contributed by atoms with van der Waals surface area (Å²) in [4.78, 5) is 3.45. The third kappa shape index (κ3) is 26.8. The molecule has 8 atom stereocenters. The Morgan fingerprint density at radius 2 is 0.857 bits per heavy atom. The summed E-state index contributed by atoms with van der Waals surface area (Å²) in [6.45, 7) is 34.6. The van der Waals surface area contributed by atoms with Gasteiger partial charge in [0.1, 0.15) is 0 Å². The third-order valence-corrected chi connectivity index (χ3v) is 13.9. The van der Waals surface area contributed by atoms with Crippen LogP contribution in [0, 0.1) is 41.4 Å². The largest absolute Gasteiger partial charge is 0.330 e. The van der Waals surface area contributed by atoms with Crippen molar-refractivity contribution in [2.45, 2.75) is 139 Å². The molecule has 0 fully saturated rings. The van der Waals surface area contributed by atoms with Gasteiger partial charge < -0.3 is 16.0 Å². The van der Waals surface area contributed by atoms with E-state index in [2.05, 4.69) is 182 Å². The van der Waals surface area contributed by atoms with Gasteiger partial charge in [0, 0.05) is 24.5 Å². The molecule has 0 bridgehead atoms. The maximum Gasteiger partial charge on any atom is 0.0168 e. The van der Waals surface area contributed by atoms with E-state index in [4.69, 9.17) is 5.73 Å². The van der Waals surface area contributed by atoms with Gasteiger partial charge in [-0.3, -0.25) is 0 Å². The summed E-state index contributed by atoms with van der Waals surface area (Å²) in [5.74, 6) is 5.62. The predicted molar refractivity (Wildman–Crippen MR) is 257 cm³/mol. The van der Waals surface area contributed by atoms with Crippen LogP contribution in [0.3, 0.4) is 0 Å². The molecule has 0 saturated heterocycles. The van der Waals surface area contributed by atoms with Crippen LogP contribution >= 0.6 is 15.9 Å². The van der Waals surface area contributed by atoms with Crippen molar-refractivity contribution in [2.75, 3.05) is 39.3 Å². The van der Waals surface area contributed by atoms with Gasteiger partial charge in [0.25, 0.3) is 0 Å². The molecule has 3 N–H and O–H groups in total. The molecule has 3 aromatic rings. The number of nitrogens with zero attached hydrogens (tertiary/aromatic N) is 1. The number of hydrogen-bond donors (Lipinski definition) is 2. The van der Waals surface area contributed by atoms with Crippen molar-refractivity contribution in [3.63, 3.8) is 0 Å². The Bertz CT molecular complexity index is 1210. The summed E-state index contributed by atoms with van der Waals surface area (Å²) >= 11 is 3.60. The average molecular weight is 837 g/mol. The summed E-state index contributed by atoms with van der Waals surface area (Å²) in [6, 6.07) is 31.9. The van der Waals surface area contributed by atoms with E-state index in [1.54, 1.807) is 0 Å². The number of benzene rings is 3. The molecule has 0 heterocycles. The van der Waals surface area contributed by atoms with Crippen LogP contribution in [0.2, 0.25) is 0 Å². The van der Waals surface area contributed by atoms with Gasteiger partial charge in [-0.1, -0.05) is 216 Å². The zero-order chi connectivity index (χ0) is 42.1. The van der Waals surface area contributed by atoms with Crippen LogP contribution in [0.5, 0.6) is 0 Å². The topological polar surface area (TPSA) is 41.3 Å². The van der Waals surface area contributed by atoms with Crippen LogP contribution in [-0.4, -0.2) is 49.0 Å².